The molecule has 0 unspecified atom stereocenters. The van der Waals surface area contributed by atoms with Crippen molar-refractivity contribution in [3.63, 3.8) is 0 Å². The maximum Gasteiger partial charge on any atom is 0.394 e. The number of imidazole rings is 1. The third kappa shape index (κ3) is 3.24. The van der Waals surface area contributed by atoms with Crippen LogP contribution in [-0.2, 0) is 6.42 Å². The van der Waals surface area contributed by atoms with E-state index >= 15 is 0 Å². The molecule has 0 N–H and O–H groups in total. The van der Waals surface area contributed by atoms with Crippen LogP contribution in [0.15, 0.2) is 24.7 Å². The molecule has 0 spiro atoms. The Morgan fingerprint density at radius 3 is 2.58 bits per heavy atom. The number of aryl methyl sites for hydroxylation is 1. The number of aromatic nitrogens is 3. The van der Waals surface area contributed by atoms with Crippen LogP contribution in [0.2, 0.25) is 0 Å². The van der Waals surface area contributed by atoms with Crippen LogP contribution < -0.4 is 4.74 Å². The smallest absolute Gasteiger partial charge is 0.394 e. The van der Waals surface area contributed by atoms with Gasteiger partial charge in [0.05, 0.1) is 31.2 Å². The first-order chi connectivity index (χ1) is 8.89. The second-order valence-electron chi connectivity index (χ2n) is 4.05. The van der Waals surface area contributed by atoms with Crippen LogP contribution in [0.25, 0.3) is 5.69 Å². The minimum absolute atomic E-state index is 0.0788. The van der Waals surface area contributed by atoms with Crippen LogP contribution >= 0.6 is 0 Å². The second kappa shape index (κ2) is 4.91. The van der Waals surface area contributed by atoms with Gasteiger partial charge in [-0.25, -0.2) is 9.97 Å². The minimum atomic E-state index is -4.29. The summed E-state index contributed by atoms with van der Waals surface area (Å²) in [7, 11) is 1.37. The van der Waals surface area contributed by atoms with Crippen LogP contribution in [-0.4, -0.2) is 27.8 Å². The predicted molar refractivity (Wildman–Crippen MR) is 62.4 cm³/mol. The van der Waals surface area contributed by atoms with Crippen molar-refractivity contribution in [1.82, 2.24) is 14.5 Å². The highest BCUT2D eigenvalue weighted by Gasteiger charge is 2.28. The van der Waals surface area contributed by atoms with Gasteiger partial charge in [-0.15, -0.1) is 0 Å². The number of halogens is 3. The zero-order chi connectivity index (χ0) is 14.0. The summed E-state index contributed by atoms with van der Waals surface area (Å²) >= 11 is 0. The Bertz CT molecular complexity index is 578. The summed E-state index contributed by atoms with van der Waals surface area (Å²) in [5.74, 6) is 0.138. The van der Waals surface area contributed by atoms with E-state index in [9.17, 15) is 13.2 Å². The van der Waals surface area contributed by atoms with Crippen LogP contribution in [0.3, 0.4) is 0 Å². The molecule has 0 amide bonds. The first kappa shape index (κ1) is 13.4. The Kier molecular flexibility index (Phi) is 3.46. The summed E-state index contributed by atoms with van der Waals surface area (Å²) < 4.78 is 43.6. The third-order valence-corrected chi connectivity index (χ3v) is 2.46. The van der Waals surface area contributed by atoms with Gasteiger partial charge in [-0.1, -0.05) is 0 Å². The molecule has 2 aromatic rings. The standard InChI is InChI=1S/C12H12F3N3O/c1-8-6-18(7-16-8)10-4-3-9(5-12(13,14)15)17-11(10)19-2/h3-4,6-7H,5H2,1-2H3. The molecule has 0 saturated heterocycles. The van der Waals surface area contributed by atoms with Gasteiger partial charge in [-0.3, -0.25) is 0 Å². The van der Waals surface area contributed by atoms with Crippen molar-refractivity contribution in [2.45, 2.75) is 19.5 Å². The number of alkyl halides is 3. The Hall–Kier alpha value is -2.05. The number of rotatable bonds is 3. The monoisotopic (exact) mass is 271 g/mol. The third-order valence-electron chi connectivity index (χ3n) is 2.46. The molecular weight excluding hydrogens is 259 g/mol. The lowest BCUT2D eigenvalue weighted by atomic mass is 10.2. The van der Waals surface area contributed by atoms with E-state index in [2.05, 4.69) is 9.97 Å². The van der Waals surface area contributed by atoms with E-state index in [1.165, 1.54) is 19.2 Å². The fraction of sp³-hybridized carbons (Fsp3) is 0.333. The summed E-state index contributed by atoms with van der Waals surface area (Å²) in [5, 5.41) is 0. The molecule has 4 nitrogen and oxygen atoms in total. The highest BCUT2D eigenvalue weighted by Crippen LogP contribution is 2.25. The van der Waals surface area contributed by atoms with Crippen molar-refractivity contribution in [1.29, 1.82) is 0 Å². The van der Waals surface area contributed by atoms with E-state index in [4.69, 9.17) is 4.74 Å². The number of hydrogen-bond acceptors (Lipinski definition) is 3. The van der Waals surface area contributed by atoms with E-state index in [-0.39, 0.29) is 11.6 Å². The van der Waals surface area contributed by atoms with E-state index in [1.807, 2.05) is 6.92 Å². The molecule has 7 heteroatoms. The average molecular weight is 271 g/mol. The van der Waals surface area contributed by atoms with Crippen molar-refractivity contribution in [2.75, 3.05) is 7.11 Å². The van der Waals surface area contributed by atoms with Crippen LogP contribution in [0.5, 0.6) is 5.88 Å². The van der Waals surface area contributed by atoms with Crippen LogP contribution in [0, 0.1) is 6.92 Å². The maximum absolute atomic E-state index is 12.3. The van der Waals surface area contributed by atoms with Crippen molar-refractivity contribution in [3.05, 3.63) is 36.0 Å². The Morgan fingerprint density at radius 2 is 2.05 bits per heavy atom. The van der Waals surface area contributed by atoms with Gasteiger partial charge >= 0.3 is 6.18 Å². The molecule has 0 atom stereocenters. The van der Waals surface area contributed by atoms with Crippen molar-refractivity contribution >= 4 is 0 Å². The number of methoxy groups -OCH3 is 1. The zero-order valence-electron chi connectivity index (χ0n) is 10.4. The largest absolute Gasteiger partial charge is 0.479 e. The topological polar surface area (TPSA) is 39.9 Å². The maximum atomic E-state index is 12.3. The average Bonchev–Trinajstić information content (AvgIpc) is 2.73. The molecule has 102 valence electrons. The van der Waals surface area contributed by atoms with E-state index in [0.29, 0.717) is 5.69 Å². The molecule has 0 aliphatic rings. The molecule has 19 heavy (non-hydrogen) atoms. The van der Waals surface area contributed by atoms with Gasteiger partial charge in [0.1, 0.15) is 5.69 Å². The Labute approximate surface area is 107 Å². The van der Waals surface area contributed by atoms with Crippen LogP contribution in [0.1, 0.15) is 11.4 Å². The molecule has 0 aliphatic heterocycles. The van der Waals surface area contributed by atoms with Gasteiger partial charge in [0, 0.05) is 6.20 Å². The van der Waals surface area contributed by atoms with Gasteiger partial charge < -0.3 is 9.30 Å². The fourth-order valence-electron chi connectivity index (χ4n) is 1.67. The van der Waals surface area contributed by atoms with Gasteiger partial charge in [0.25, 0.3) is 0 Å². The zero-order valence-corrected chi connectivity index (χ0v) is 10.4. The van der Waals surface area contributed by atoms with Crippen molar-refractivity contribution < 1.29 is 17.9 Å². The highest BCUT2D eigenvalue weighted by atomic mass is 19.4. The quantitative estimate of drug-likeness (QED) is 0.861. The molecule has 2 rings (SSSR count). The van der Waals surface area contributed by atoms with Gasteiger partial charge in [-0.05, 0) is 19.1 Å². The molecule has 0 fully saturated rings. The minimum Gasteiger partial charge on any atom is -0.479 e. The Balaban J connectivity index is 2.37. The number of pyridine rings is 1. The van der Waals surface area contributed by atoms with E-state index in [0.717, 1.165) is 5.69 Å². The van der Waals surface area contributed by atoms with Gasteiger partial charge in [-0.2, -0.15) is 13.2 Å². The number of ether oxygens (including phenoxy) is 1. The SMILES string of the molecule is COc1nc(CC(F)(F)F)ccc1-n1cnc(C)c1. The Morgan fingerprint density at radius 1 is 1.32 bits per heavy atom. The molecule has 2 aromatic heterocycles. The normalized spacial score (nSPS) is 11.6. The van der Waals surface area contributed by atoms with E-state index in [1.54, 1.807) is 17.1 Å². The first-order valence-corrected chi connectivity index (χ1v) is 5.50. The molecule has 0 aliphatic carbocycles. The highest BCUT2D eigenvalue weighted by molar-refractivity contribution is 5.43. The lowest BCUT2D eigenvalue weighted by Gasteiger charge is -2.11. The molecular formula is C12H12F3N3O. The van der Waals surface area contributed by atoms with Crippen LogP contribution in [0.4, 0.5) is 13.2 Å². The summed E-state index contributed by atoms with van der Waals surface area (Å²) in [5.41, 5.74) is 1.26. The summed E-state index contributed by atoms with van der Waals surface area (Å²) in [6.07, 6.45) is -2.07. The molecule has 0 saturated carbocycles. The van der Waals surface area contributed by atoms with Gasteiger partial charge in [0.15, 0.2) is 0 Å². The molecule has 0 bridgehead atoms. The summed E-state index contributed by atoms with van der Waals surface area (Å²) in [4.78, 5) is 7.92. The lowest BCUT2D eigenvalue weighted by molar-refractivity contribution is -0.127. The second-order valence-corrected chi connectivity index (χ2v) is 4.05. The first-order valence-electron chi connectivity index (χ1n) is 5.50. The number of nitrogens with zero attached hydrogens (tertiary/aromatic N) is 3. The van der Waals surface area contributed by atoms with E-state index < -0.39 is 12.6 Å². The fourth-order valence-corrected chi connectivity index (χ4v) is 1.67. The molecule has 0 radical (unpaired) electrons. The van der Waals surface area contributed by atoms with Crippen molar-refractivity contribution in [3.8, 4) is 11.6 Å². The molecule has 2 heterocycles. The predicted octanol–water partition coefficient (Wildman–Crippen LogP) is 2.69. The summed E-state index contributed by atoms with van der Waals surface area (Å²) in [6.45, 7) is 1.81. The van der Waals surface area contributed by atoms with Gasteiger partial charge in [0.2, 0.25) is 5.88 Å². The van der Waals surface area contributed by atoms with Crippen molar-refractivity contribution in [2.24, 2.45) is 0 Å². The number of hydrogen-bond donors (Lipinski definition) is 0. The summed E-state index contributed by atoms with van der Waals surface area (Å²) in [6, 6.07) is 2.87. The molecule has 0 aromatic carbocycles. The lowest BCUT2D eigenvalue weighted by Crippen LogP contribution is -2.13.